The van der Waals surface area contributed by atoms with Crippen molar-refractivity contribution < 1.29 is 24.2 Å². The van der Waals surface area contributed by atoms with Crippen LogP contribution >= 0.6 is 11.8 Å². The van der Waals surface area contributed by atoms with Crippen LogP contribution in [0.3, 0.4) is 0 Å². The molecule has 32 heavy (non-hydrogen) atoms. The predicted molar refractivity (Wildman–Crippen MR) is 127 cm³/mol. The Kier molecular flexibility index (Phi) is 7.37. The maximum absolute atomic E-state index is 12.5. The zero-order valence-electron chi connectivity index (χ0n) is 18.1. The Bertz CT molecular complexity index is 1140. The number of amidine groups is 1. The van der Waals surface area contributed by atoms with E-state index in [1.165, 1.54) is 18.9 Å². The standard InChI is InChI=1S/C24H24N2O5S/c1-5-6-17-10-16(11-19(30-4)22(17)31-13-21(27)28)12-20-23(29)26-24(32-20)25-18-8-7-14(2)9-15(18)3/h5,7-12H,1,6,13H2,2-4H3,(H,27,28)(H,25,26,29)/b20-12-. The molecule has 1 saturated heterocycles. The predicted octanol–water partition coefficient (Wildman–Crippen LogP) is 4.40. The summed E-state index contributed by atoms with van der Waals surface area (Å²) in [6, 6.07) is 9.46. The summed E-state index contributed by atoms with van der Waals surface area (Å²) in [6.45, 7) is 7.25. The minimum Gasteiger partial charge on any atom is -0.493 e. The first-order valence-corrected chi connectivity index (χ1v) is 10.7. The van der Waals surface area contributed by atoms with E-state index in [4.69, 9.17) is 14.6 Å². The number of carbonyl (C=O) groups is 2. The molecule has 2 aromatic carbocycles. The van der Waals surface area contributed by atoms with Crippen molar-refractivity contribution in [3.05, 3.63) is 70.1 Å². The average Bonchev–Trinajstić information content (AvgIpc) is 3.07. The molecule has 0 aromatic heterocycles. The molecular weight excluding hydrogens is 428 g/mol. The van der Waals surface area contributed by atoms with Crippen molar-refractivity contribution in [1.29, 1.82) is 0 Å². The van der Waals surface area contributed by atoms with Crippen molar-refractivity contribution in [2.75, 3.05) is 13.7 Å². The van der Waals surface area contributed by atoms with Gasteiger partial charge >= 0.3 is 5.97 Å². The third-order valence-corrected chi connectivity index (χ3v) is 5.51. The van der Waals surface area contributed by atoms with Crippen LogP contribution in [0.2, 0.25) is 0 Å². The number of rotatable bonds is 8. The molecule has 0 saturated carbocycles. The van der Waals surface area contributed by atoms with Crippen molar-refractivity contribution in [3.63, 3.8) is 0 Å². The lowest BCUT2D eigenvalue weighted by atomic mass is 10.0. The number of aliphatic imine (C=N–C) groups is 1. The second kappa shape index (κ2) is 10.2. The second-order valence-corrected chi connectivity index (χ2v) is 8.19. The third-order valence-electron chi connectivity index (χ3n) is 4.60. The number of aryl methyl sites for hydroxylation is 2. The van der Waals surface area contributed by atoms with Crippen LogP contribution in [0.5, 0.6) is 11.5 Å². The highest BCUT2D eigenvalue weighted by Gasteiger charge is 2.24. The number of hydrogen-bond donors (Lipinski definition) is 2. The van der Waals surface area contributed by atoms with Crippen LogP contribution in [-0.2, 0) is 16.0 Å². The molecule has 2 N–H and O–H groups in total. The van der Waals surface area contributed by atoms with Crippen LogP contribution in [0.1, 0.15) is 22.3 Å². The molecule has 1 amide bonds. The molecule has 0 atom stereocenters. The first kappa shape index (κ1) is 23.1. The van der Waals surface area contributed by atoms with E-state index in [1.807, 2.05) is 38.1 Å². The molecule has 0 unspecified atom stereocenters. The number of ether oxygens (including phenoxy) is 2. The van der Waals surface area contributed by atoms with E-state index in [0.717, 1.165) is 16.8 Å². The molecule has 0 aliphatic carbocycles. The number of carboxylic acid groups (broad SMARTS) is 1. The first-order valence-electron chi connectivity index (χ1n) is 9.84. The number of amides is 1. The van der Waals surface area contributed by atoms with Gasteiger partial charge in [0.1, 0.15) is 0 Å². The molecule has 0 bridgehead atoms. The monoisotopic (exact) mass is 452 g/mol. The van der Waals surface area contributed by atoms with E-state index in [9.17, 15) is 9.59 Å². The number of carboxylic acids is 1. The van der Waals surface area contributed by atoms with Gasteiger partial charge in [0.05, 0.1) is 17.7 Å². The van der Waals surface area contributed by atoms with Crippen LogP contribution < -0.4 is 14.8 Å². The number of nitrogens with zero attached hydrogens (tertiary/aromatic N) is 1. The number of allylic oxidation sites excluding steroid dienone is 1. The summed E-state index contributed by atoms with van der Waals surface area (Å²) in [5, 5.41) is 12.2. The molecule has 2 aromatic rings. The normalized spacial score (nSPS) is 15.7. The molecule has 0 radical (unpaired) electrons. The Balaban J connectivity index is 1.92. The maximum atomic E-state index is 12.5. The summed E-state index contributed by atoms with van der Waals surface area (Å²) in [7, 11) is 1.48. The van der Waals surface area contributed by atoms with Crippen LogP contribution in [0.4, 0.5) is 5.69 Å². The topological polar surface area (TPSA) is 97.2 Å². The van der Waals surface area contributed by atoms with Crippen molar-refractivity contribution in [2.45, 2.75) is 20.3 Å². The highest BCUT2D eigenvalue weighted by Crippen LogP contribution is 2.36. The summed E-state index contributed by atoms with van der Waals surface area (Å²) >= 11 is 1.25. The van der Waals surface area contributed by atoms with E-state index < -0.39 is 12.6 Å². The summed E-state index contributed by atoms with van der Waals surface area (Å²) in [4.78, 5) is 28.5. The summed E-state index contributed by atoms with van der Waals surface area (Å²) in [5.41, 5.74) is 4.40. The molecule has 0 spiro atoms. The Morgan fingerprint density at radius 1 is 1.28 bits per heavy atom. The minimum atomic E-state index is -1.09. The maximum Gasteiger partial charge on any atom is 0.341 e. The molecular formula is C24H24N2O5S. The largest absolute Gasteiger partial charge is 0.493 e. The van der Waals surface area contributed by atoms with Gasteiger partial charge in [0, 0.05) is 5.56 Å². The summed E-state index contributed by atoms with van der Waals surface area (Å²) in [5.74, 6) is -0.603. The lowest BCUT2D eigenvalue weighted by Crippen LogP contribution is -2.19. The van der Waals surface area contributed by atoms with Gasteiger partial charge < -0.3 is 19.9 Å². The minimum absolute atomic E-state index is 0.242. The molecule has 1 aliphatic rings. The van der Waals surface area contributed by atoms with Gasteiger partial charge in [-0.3, -0.25) is 4.79 Å². The SMILES string of the molecule is C=CCc1cc(/C=C2\SC(=Nc3ccc(C)cc3C)NC2=O)cc(OC)c1OCC(=O)O. The van der Waals surface area contributed by atoms with Gasteiger partial charge in [0.15, 0.2) is 23.3 Å². The zero-order valence-corrected chi connectivity index (χ0v) is 18.9. The number of hydrogen-bond acceptors (Lipinski definition) is 6. The van der Waals surface area contributed by atoms with E-state index in [1.54, 1.807) is 18.2 Å². The van der Waals surface area contributed by atoms with Crippen molar-refractivity contribution >= 4 is 40.6 Å². The van der Waals surface area contributed by atoms with Gasteiger partial charge in [-0.1, -0.05) is 23.8 Å². The number of aliphatic carboxylic acids is 1. The van der Waals surface area contributed by atoms with Crippen LogP contribution in [0, 0.1) is 13.8 Å². The van der Waals surface area contributed by atoms with Crippen molar-refractivity contribution in [1.82, 2.24) is 5.32 Å². The van der Waals surface area contributed by atoms with Crippen LogP contribution in [0.25, 0.3) is 6.08 Å². The van der Waals surface area contributed by atoms with Gasteiger partial charge in [-0.2, -0.15) is 0 Å². The van der Waals surface area contributed by atoms with E-state index >= 15 is 0 Å². The molecule has 8 heteroatoms. The highest BCUT2D eigenvalue weighted by molar-refractivity contribution is 8.18. The highest BCUT2D eigenvalue weighted by atomic mass is 32.2. The Morgan fingerprint density at radius 3 is 2.72 bits per heavy atom. The van der Waals surface area contributed by atoms with E-state index in [-0.39, 0.29) is 5.91 Å². The first-order chi connectivity index (χ1) is 15.3. The van der Waals surface area contributed by atoms with Gasteiger partial charge in [0.25, 0.3) is 5.91 Å². The van der Waals surface area contributed by atoms with Gasteiger partial charge in [-0.15, -0.1) is 6.58 Å². The smallest absolute Gasteiger partial charge is 0.341 e. The zero-order chi connectivity index (χ0) is 23.3. The quantitative estimate of drug-likeness (QED) is 0.455. The van der Waals surface area contributed by atoms with Gasteiger partial charge in [-0.05, 0) is 67.4 Å². The van der Waals surface area contributed by atoms with E-state index in [2.05, 4.69) is 16.9 Å². The number of carbonyl (C=O) groups excluding carboxylic acids is 1. The lowest BCUT2D eigenvalue weighted by molar-refractivity contribution is -0.139. The van der Waals surface area contributed by atoms with Crippen molar-refractivity contribution in [3.8, 4) is 11.5 Å². The molecule has 1 aliphatic heterocycles. The second-order valence-electron chi connectivity index (χ2n) is 7.16. The third kappa shape index (κ3) is 5.59. The molecule has 3 rings (SSSR count). The van der Waals surface area contributed by atoms with Crippen molar-refractivity contribution in [2.24, 2.45) is 4.99 Å². The molecule has 166 valence electrons. The molecule has 1 fully saturated rings. The van der Waals surface area contributed by atoms with Gasteiger partial charge in [-0.25, -0.2) is 9.79 Å². The summed E-state index contributed by atoms with van der Waals surface area (Å²) < 4.78 is 10.8. The number of benzene rings is 2. The summed E-state index contributed by atoms with van der Waals surface area (Å²) in [6.07, 6.45) is 3.87. The van der Waals surface area contributed by atoms with Gasteiger partial charge in [0.2, 0.25) is 0 Å². The Labute approximate surface area is 190 Å². The molecule has 1 heterocycles. The number of methoxy groups -OCH3 is 1. The Hall–Kier alpha value is -3.52. The van der Waals surface area contributed by atoms with Crippen LogP contribution in [-0.4, -0.2) is 35.9 Å². The van der Waals surface area contributed by atoms with E-state index in [0.29, 0.717) is 39.1 Å². The fraction of sp³-hybridized carbons (Fsp3) is 0.208. The average molecular weight is 453 g/mol. The Morgan fingerprint density at radius 2 is 2.06 bits per heavy atom. The number of nitrogens with one attached hydrogen (secondary N) is 1. The molecule has 7 nitrogen and oxygen atoms in total. The fourth-order valence-corrected chi connectivity index (χ4v) is 4.03. The van der Waals surface area contributed by atoms with Crippen LogP contribution in [0.15, 0.2) is 52.9 Å². The fourth-order valence-electron chi connectivity index (χ4n) is 3.20. The lowest BCUT2D eigenvalue weighted by Gasteiger charge is -2.14. The number of thioether (sulfide) groups is 1.